The molecule has 1 aromatic rings. The first-order valence-corrected chi connectivity index (χ1v) is 7.96. The van der Waals surface area contributed by atoms with Crippen LogP contribution in [0, 0.1) is 11.7 Å². The molecule has 2 saturated heterocycles. The van der Waals surface area contributed by atoms with E-state index in [0.717, 1.165) is 31.5 Å². The maximum atomic E-state index is 13.4. The fraction of sp³-hybridized carbons (Fsp3) is 0.562. The molecule has 0 radical (unpaired) electrons. The average molecular weight is 311 g/mol. The molecule has 3 rings (SSSR count). The van der Waals surface area contributed by atoms with E-state index in [2.05, 4.69) is 10.2 Å². The lowest BCUT2D eigenvalue weighted by atomic mass is 9.89. The molecule has 1 aromatic carbocycles. The van der Waals surface area contributed by atoms with Crippen LogP contribution < -0.4 is 5.32 Å². The van der Waals surface area contributed by atoms with Crippen LogP contribution >= 0.6 is 11.6 Å². The van der Waals surface area contributed by atoms with Crippen LogP contribution in [0.15, 0.2) is 18.2 Å². The number of amides is 1. The first kappa shape index (κ1) is 14.8. The number of likely N-dealkylation sites (tertiary alicyclic amines) is 1. The Bertz CT molecular complexity index is 537. The van der Waals surface area contributed by atoms with E-state index >= 15 is 0 Å². The summed E-state index contributed by atoms with van der Waals surface area (Å²) in [5.74, 6) is 0.264. The quantitative estimate of drug-likeness (QED) is 0.931. The fourth-order valence-corrected chi connectivity index (χ4v) is 3.71. The predicted octanol–water partition coefficient (Wildman–Crippen LogP) is 2.97. The highest BCUT2D eigenvalue weighted by atomic mass is 35.5. The van der Waals surface area contributed by atoms with E-state index in [9.17, 15) is 9.18 Å². The number of carbonyl (C=O) groups is 1. The molecule has 1 amide bonds. The van der Waals surface area contributed by atoms with Crippen LogP contribution in [0.3, 0.4) is 0 Å². The molecule has 0 aliphatic carbocycles. The van der Waals surface area contributed by atoms with Crippen LogP contribution in [0.25, 0.3) is 0 Å². The maximum absolute atomic E-state index is 13.4. The van der Waals surface area contributed by atoms with E-state index < -0.39 is 0 Å². The zero-order chi connectivity index (χ0) is 14.8. The number of carbonyl (C=O) groups excluding carboxylic acids is 1. The third-order valence-corrected chi connectivity index (χ3v) is 4.97. The van der Waals surface area contributed by atoms with Gasteiger partial charge in [0.15, 0.2) is 0 Å². The molecule has 2 atom stereocenters. The summed E-state index contributed by atoms with van der Waals surface area (Å²) in [5, 5.41) is 3.53. The van der Waals surface area contributed by atoms with Gasteiger partial charge in [-0.25, -0.2) is 4.39 Å². The molecule has 3 nitrogen and oxygen atoms in total. The Hall–Kier alpha value is -1.13. The van der Waals surface area contributed by atoms with Crippen molar-refractivity contribution in [3.63, 3.8) is 0 Å². The number of halogens is 2. The number of hydrogen-bond acceptors (Lipinski definition) is 2. The Morgan fingerprint density at radius 3 is 3.00 bits per heavy atom. The molecule has 2 fully saturated rings. The van der Waals surface area contributed by atoms with Crippen molar-refractivity contribution >= 4 is 17.5 Å². The monoisotopic (exact) mass is 310 g/mol. The SMILES string of the molecule is O=C1CC(C2CCCCN2Cc2cc(F)ccc2Cl)CN1. The lowest BCUT2D eigenvalue weighted by Gasteiger charge is -2.39. The van der Waals surface area contributed by atoms with Gasteiger partial charge in [0.1, 0.15) is 5.82 Å². The van der Waals surface area contributed by atoms with Gasteiger partial charge in [-0.15, -0.1) is 0 Å². The first-order chi connectivity index (χ1) is 10.1. The second-order valence-corrected chi connectivity index (χ2v) is 6.44. The Morgan fingerprint density at radius 1 is 1.38 bits per heavy atom. The molecule has 2 heterocycles. The second-order valence-electron chi connectivity index (χ2n) is 6.04. The van der Waals surface area contributed by atoms with Crippen molar-refractivity contribution in [3.05, 3.63) is 34.6 Å². The van der Waals surface area contributed by atoms with Gasteiger partial charge >= 0.3 is 0 Å². The fourth-order valence-electron chi connectivity index (χ4n) is 3.53. The molecule has 0 bridgehead atoms. The standard InChI is InChI=1S/C16H20ClFN2O/c17-14-5-4-13(18)7-12(14)10-20-6-2-1-3-15(20)11-8-16(21)19-9-11/h4-5,7,11,15H,1-3,6,8-10H2,(H,19,21). The van der Waals surface area contributed by atoms with Gasteiger partial charge in [0.05, 0.1) is 0 Å². The van der Waals surface area contributed by atoms with E-state index in [1.54, 1.807) is 6.07 Å². The Balaban J connectivity index is 1.75. The van der Waals surface area contributed by atoms with Gasteiger partial charge in [-0.1, -0.05) is 18.0 Å². The van der Waals surface area contributed by atoms with Gasteiger partial charge in [-0.3, -0.25) is 9.69 Å². The van der Waals surface area contributed by atoms with Gasteiger partial charge in [0, 0.05) is 36.5 Å². The number of nitrogens with zero attached hydrogens (tertiary/aromatic N) is 1. The molecule has 0 saturated carbocycles. The summed E-state index contributed by atoms with van der Waals surface area (Å²) in [6.07, 6.45) is 4.06. The molecule has 2 aliphatic heterocycles. The highest BCUT2D eigenvalue weighted by molar-refractivity contribution is 6.31. The van der Waals surface area contributed by atoms with Crippen molar-refractivity contribution in [1.82, 2.24) is 10.2 Å². The van der Waals surface area contributed by atoms with Gasteiger partial charge in [0.2, 0.25) is 5.91 Å². The van der Waals surface area contributed by atoms with Crippen LogP contribution in [0.1, 0.15) is 31.2 Å². The largest absolute Gasteiger partial charge is 0.356 e. The molecule has 21 heavy (non-hydrogen) atoms. The van der Waals surface area contributed by atoms with E-state index in [4.69, 9.17) is 11.6 Å². The van der Waals surface area contributed by atoms with Crippen LogP contribution in [0.2, 0.25) is 5.02 Å². The van der Waals surface area contributed by atoms with Gasteiger partial charge in [-0.2, -0.15) is 0 Å². The van der Waals surface area contributed by atoms with Crippen LogP contribution in [0.4, 0.5) is 4.39 Å². The summed E-state index contributed by atoms with van der Waals surface area (Å²) in [7, 11) is 0. The topological polar surface area (TPSA) is 32.3 Å². The third kappa shape index (κ3) is 3.38. The zero-order valence-corrected chi connectivity index (χ0v) is 12.7. The number of piperidine rings is 1. The molecule has 2 aliphatic rings. The summed E-state index contributed by atoms with van der Waals surface area (Å²) < 4.78 is 13.4. The van der Waals surface area contributed by atoms with Gasteiger partial charge in [0.25, 0.3) is 0 Å². The minimum Gasteiger partial charge on any atom is -0.356 e. The van der Waals surface area contributed by atoms with Crippen LogP contribution in [0.5, 0.6) is 0 Å². The summed E-state index contributed by atoms with van der Waals surface area (Å²) in [6, 6.07) is 4.91. The average Bonchev–Trinajstić information content (AvgIpc) is 2.90. The highest BCUT2D eigenvalue weighted by Crippen LogP contribution is 2.30. The van der Waals surface area contributed by atoms with Crippen molar-refractivity contribution in [2.24, 2.45) is 5.92 Å². The van der Waals surface area contributed by atoms with Gasteiger partial charge in [-0.05, 0) is 43.1 Å². The van der Waals surface area contributed by atoms with E-state index in [1.165, 1.54) is 18.6 Å². The van der Waals surface area contributed by atoms with Crippen molar-refractivity contribution < 1.29 is 9.18 Å². The van der Waals surface area contributed by atoms with Crippen molar-refractivity contribution in [3.8, 4) is 0 Å². The predicted molar refractivity (Wildman–Crippen MR) is 80.6 cm³/mol. The molecule has 0 spiro atoms. The van der Waals surface area contributed by atoms with E-state index in [-0.39, 0.29) is 11.7 Å². The Kier molecular flexibility index (Phi) is 4.45. The lowest BCUT2D eigenvalue weighted by Crippen LogP contribution is -2.44. The first-order valence-electron chi connectivity index (χ1n) is 7.58. The molecule has 0 aromatic heterocycles. The summed E-state index contributed by atoms with van der Waals surface area (Å²) >= 11 is 6.19. The molecule has 2 unspecified atom stereocenters. The van der Waals surface area contributed by atoms with E-state index in [1.807, 2.05) is 0 Å². The molecule has 1 N–H and O–H groups in total. The van der Waals surface area contributed by atoms with Crippen molar-refractivity contribution in [2.75, 3.05) is 13.1 Å². The normalized spacial score (nSPS) is 26.9. The van der Waals surface area contributed by atoms with Gasteiger partial charge < -0.3 is 5.32 Å². The summed E-state index contributed by atoms with van der Waals surface area (Å²) in [5.41, 5.74) is 0.834. The molecule has 114 valence electrons. The van der Waals surface area contributed by atoms with Crippen LogP contribution in [-0.2, 0) is 11.3 Å². The molecular formula is C16H20ClFN2O. The smallest absolute Gasteiger partial charge is 0.220 e. The summed E-state index contributed by atoms with van der Waals surface area (Å²) in [4.78, 5) is 13.8. The maximum Gasteiger partial charge on any atom is 0.220 e. The van der Waals surface area contributed by atoms with E-state index in [0.29, 0.717) is 29.9 Å². The number of rotatable bonds is 3. The molecule has 5 heteroatoms. The van der Waals surface area contributed by atoms with Crippen molar-refractivity contribution in [2.45, 2.75) is 38.3 Å². The zero-order valence-electron chi connectivity index (χ0n) is 11.9. The number of hydrogen-bond donors (Lipinski definition) is 1. The van der Waals surface area contributed by atoms with Crippen LogP contribution in [-0.4, -0.2) is 29.9 Å². The number of benzene rings is 1. The number of nitrogens with one attached hydrogen (secondary N) is 1. The Labute approximate surface area is 129 Å². The highest BCUT2D eigenvalue weighted by Gasteiger charge is 2.34. The third-order valence-electron chi connectivity index (χ3n) is 4.60. The second kappa shape index (κ2) is 6.32. The lowest BCUT2D eigenvalue weighted by molar-refractivity contribution is -0.119. The minimum atomic E-state index is -0.249. The Morgan fingerprint density at radius 2 is 2.24 bits per heavy atom. The van der Waals surface area contributed by atoms with Crippen molar-refractivity contribution in [1.29, 1.82) is 0 Å². The summed E-state index contributed by atoms with van der Waals surface area (Å²) in [6.45, 7) is 2.41. The molecular weight excluding hydrogens is 291 g/mol. The minimum absolute atomic E-state index is 0.148.